The summed E-state index contributed by atoms with van der Waals surface area (Å²) in [6.07, 6.45) is 6.51. The van der Waals surface area contributed by atoms with E-state index in [1.54, 1.807) is 17.7 Å². The first-order valence-corrected chi connectivity index (χ1v) is 10.7. The second-order valence-corrected chi connectivity index (χ2v) is 8.64. The zero-order valence-electron chi connectivity index (χ0n) is 14.9. The predicted octanol–water partition coefficient (Wildman–Crippen LogP) is 5.55. The summed E-state index contributed by atoms with van der Waals surface area (Å²) in [6, 6.07) is 5.91. The highest BCUT2D eigenvalue weighted by molar-refractivity contribution is 7.17. The van der Waals surface area contributed by atoms with Crippen molar-refractivity contribution >= 4 is 33.2 Å². The Kier molecular flexibility index (Phi) is 3.71. The standard InChI is InChI=1S/C21H16ClN3O2S/c22-12-7-11-8-17(20-13-3-1-2-4-15(13)25-27-20)26-19(11)14(9-12)18-21-16(5-6-28-21)23-10-24-18/h5-7,9-10,17H,1-4,8H2/t17-/m1/s1. The van der Waals surface area contributed by atoms with Crippen LogP contribution in [0.2, 0.25) is 5.02 Å². The topological polar surface area (TPSA) is 61.0 Å². The van der Waals surface area contributed by atoms with Crippen LogP contribution in [0.15, 0.2) is 34.4 Å². The van der Waals surface area contributed by atoms with Gasteiger partial charge in [-0.15, -0.1) is 11.3 Å². The Morgan fingerprint density at radius 2 is 2.07 bits per heavy atom. The summed E-state index contributed by atoms with van der Waals surface area (Å²) in [5, 5.41) is 7.00. The van der Waals surface area contributed by atoms with E-state index in [0.29, 0.717) is 5.02 Å². The van der Waals surface area contributed by atoms with Gasteiger partial charge in [0.2, 0.25) is 0 Å². The second-order valence-electron chi connectivity index (χ2n) is 7.29. The largest absolute Gasteiger partial charge is 0.481 e. The van der Waals surface area contributed by atoms with Gasteiger partial charge in [0.15, 0.2) is 11.9 Å². The highest BCUT2D eigenvalue weighted by Crippen LogP contribution is 2.47. The maximum atomic E-state index is 6.46. The summed E-state index contributed by atoms with van der Waals surface area (Å²) < 4.78 is 13.2. The normalized spacial score (nSPS) is 18.1. The summed E-state index contributed by atoms with van der Waals surface area (Å²) in [5.41, 5.74) is 6.11. The molecule has 0 unspecified atom stereocenters. The van der Waals surface area contributed by atoms with Crippen LogP contribution in [0.4, 0.5) is 0 Å². The van der Waals surface area contributed by atoms with Crippen LogP contribution >= 0.6 is 22.9 Å². The lowest BCUT2D eigenvalue weighted by atomic mass is 9.94. The zero-order chi connectivity index (χ0) is 18.7. The molecule has 1 atom stereocenters. The SMILES string of the molecule is Clc1cc2c(c(-c3ncnc4ccsc34)c1)O[C@@H](c1onc3c1CCCC3)C2. The van der Waals surface area contributed by atoms with E-state index in [9.17, 15) is 0 Å². The average molecular weight is 410 g/mol. The highest BCUT2D eigenvalue weighted by atomic mass is 35.5. The van der Waals surface area contributed by atoms with Gasteiger partial charge in [-0.2, -0.15) is 0 Å². The molecule has 5 nitrogen and oxygen atoms in total. The van der Waals surface area contributed by atoms with Gasteiger partial charge in [-0.25, -0.2) is 9.97 Å². The molecular formula is C21H16ClN3O2S. The molecule has 6 rings (SSSR count). The highest BCUT2D eigenvalue weighted by Gasteiger charge is 2.34. The molecule has 0 radical (unpaired) electrons. The first-order chi connectivity index (χ1) is 13.8. The van der Waals surface area contributed by atoms with E-state index >= 15 is 0 Å². The van der Waals surface area contributed by atoms with Crippen molar-refractivity contribution < 1.29 is 9.26 Å². The number of aromatic nitrogens is 3. The van der Waals surface area contributed by atoms with Crippen LogP contribution in [-0.4, -0.2) is 15.1 Å². The van der Waals surface area contributed by atoms with Crippen LogP contribution in [0.1, 0.15) is 41.5 Å². The van der Waals surface area contributed by atoms with Crippen molar-refractivity contribution in [3.05, 3.63) is 57.5 Å². The summed E-state index contributed by atoms with van der Waals surface area (Å²) in [6.45, 7) is 0. The molecule has 140 valence electrons. The maximum absolute atomic E-state index is 6.46. The van der Waals surface area contributed by atoms with Crippen molar-refractivity contribution in [1.82, 2.24) is 15.1 Å². The van der Waals surface area contributed by atoms with Gasteiger partial charge in [0.05, 0.1) is 21.6 Å². The molecule has 1 aliphatic heterocycles. The number of ether oxygens (including phenoxy) is 1. The van der Waals surface area contributed by atoms with Crippen molar-refractivity contribution in [1.29, 1.82) is 0 Å². The van der Waals surface area contributed by atoms with E-state index in [1.807, 2.05) is 23.6 Å². The van der Waals surface area contributed by atoms with E-state index in [0.717, 1.165) is 63.5 Å². The summed E-state index contributed by atoms with van der Waals surface area (Å²) in [7, 11) is 0. The minimum Gasteiger partial charge on any atom is -0.481 e. The van der Waals surface area contributed by atoms with E-state index in [1.165, 1.54) is 18.4 Å². The smallest absolute Gasteiger partial charge is 0.181 e. The maximum Gasteiger partial charge on any atom is 0.181 e. The van der Waals surface area contributed by atoms with Gasteiger partial charge in [0.1, 0.15) is 12.1 Å². The van der Waals surface area contributed by atoms with Gasteiger partial charge >= 0.3 is 0 Å². The molecule has 0 saturated carbocycles. The molecule has 0 amide bonds. The molecule has 0 N–H and O–H groups in total. The van der Waals surface area contributed by atoms with Crippen LogP contribution in [0.3, 0.4) is 0 Å². The third-order valence-electron chi connectivity index (χ3n) is 5.58. The molecule has 0 spiro atoms. The lowest BCUT2D eigenvalue weighted by molar-refractivity contribution is 0.189. The van der Waals surface area contributed by atoms with Gasteiger partial charge in [-0.05, 0) is 49.3 Å². The van der Waals surface area contributed by atoms with Gasteiger partial charge in [0, 0.05) is 28.1 Å². The molecular weight excluding hydrogens is 394 g/mol. The first kappa shape index (κ1) is 16.5. The summed E-state index contributed by atoms with van der Waals surface area (Å²) >= 11 is 8.09. The quantitative estimate of drug-likeness (QED) is 0.434. The molecule has 4 heterocycles. The Hall–Kier alpha value is -2.44. The van der Waals surface area contributed by atoms with E-state index in [4.69, 9.17) is 20.9 Å². The van der Waals surface area contributed by atoms with E-state index in [2.05, 4.69) is 15.1 Å². The minimum absolute atomic E-state index is 0.165. The second kappa shape index (κ2) is 6.29. The van der Waals surface area contributed by atoms with Gasteiger partial charge in [0.25, 0.3) is 0 Å². The number of halogens is 1. The Morgan fingerprint density at radius 1 is 1.14 bits per heavy atom. The Bertz CT molecular complexity index is 1220. The monoisotopic (exact) mass is 409 g/mol. The molecule has 7 heteroatoms. The zero-order valence-corrected chi connectivity index (χ0v) is 16.5. The van der Waals surface area contributed by atoms with Crippen molar-refractivity contribution in [3.8, 4) is 17.0 Å². The van der Waals surface area contributed by atoms with Crippen molar-refractivity contribution in [2.24, 2.45) is 0 Å². The van der Waals surface area contributed by atoms with Crippen molar-refractivity contribution in [2.75, 3.05) is 0 Å². The molecule has 3 aromatic heterocycles. The molecule has 1 aliphatic carbocycles. The van der Waals surface area contributed by atoms with Crippen LogP contribution in [0, 0.1) is 0 Å². The molecule has 0 bridgehead atoms. The number of benzene rings is 1. The summed E-state index contributed by atoms with van der Waals surface area (Å²) in [4.78, 5) is 8.90. The molecule has 2 aliphatic rings. The molecule has 28 heavy (non-hydrogen) atoms. The lowest BCUT2D eigenvalue weighted by Gasteiger charge is -2.14. The molecule has 0 saturated heterocycles. The minimum atomic E-state index is -0.165. The number of thiophene rings is 1. The average Bonchev–Trinajstić information content (AvgIpc) is 3.43. The van der Waals surface area contributed by atoms with E-state index < -0.39 is 0 Å². The number of rotatable bonds is 2. The van der Waals surface area contributed by atoms with Crippen LogP contribution in [-0.2, 0) is 19.3 Å². The third-order valence-corrected chi connectivity index (χ3v) is 6.71. The summed E-state index contributed by atoms with van der Waals surface area (Å²) in [5.74, 6) is 1.71. The van der Waals surface area contributed by atoms with Crippen molar-refractivity contribution in [2.45, 2.75) is 38.2 Å². The van der Waals surface area contributed by atoms with Gasteiger partial charge in [-0.1, -0.05) is 16.8 Å². The fraction of sp³-hybridized carbons (Fsp3) is 0.286. The Labute approximate surface area is 170 Å². The van der Waals surface area contributed by atoms with E-state index in [-0.39, 0.29) is 6.10 Å². The number of nitrogens with zero attached hydrogens (tertiary/aromatic N) is 3. The van der Waals surface area contributed by atoms with Crippen LogP contribution < -0.4 is 4.74 Å². The molecule has 4 aromatic rings. The van der Waals surface area contributed by atoms with Crippen molar-refractivity contribution in [3.63, 3.8) is 0 Å². The third kappa shape index (κ3) is 2.48. The molecule has 1 aromatic carbocycles. The fourth-order valence-electron chi connectivity index (χ4n) is 4.30. The lowest BCUT2D eigenvalue weighted by Crippen LogP contribution is -2.08. The van der Waals surface area contributed by atoms with Crippen LogP contribution in [0.25, 0.3) is 21.5 Å². The van der Waals surface area contributed by atoms with Gasteiger partial charge in [-0.3, -0.25) is 0 Å². The fourth-order valence-corrected chi connectivity index (χ4v) is 5.38. The number of aryl methyl sites for hydroxylation is 1. The first-order valence-electron chi connectivity index (χ1n) is 9.43. The Balaban J connectivity index is 1.46. The van der Waals surface area contributed by atoms with Crippen LogP contribution in [0.5, 0.6) is 5.75 Å². The number of hydrogen-bond acceptors (Lipinski definition) is 6. The number of hydrogen-bond donors (Lipinski definition) is 0. The number of fused-ring (bicyclic) bond motifs is 3. The Morgan fingerprint density at radius 3 is 3.04 bits per heavy atom. The molecule has 0 fully saturated rings. The predicted molar refractivity (Wildman–Crippen MR) is 108 cm³/mol. The van der Waals surface area contributed by atoms with Gasteiger partial charge < -0.3 is 9.26 Å².